The summed E-state index contributed by atoms with van der Waals surface area (Å²) in [7, 11) is 2.18. The molecule has 0 unspecified atom stereocenters. The average Bonchev–Trinajstić information content (AvgIpc) is 2.76. The lowest BCUT2D eigenvalue weighted by molar-refractivity contribution is 0.216. The van der Waals surface area contributed by atoms with Crippen molar-refractivity contribution >= 4 is 34.5 Å². The van der Waals surface area contributed by atoms with Crippen molar-refractivity contribution in [1.29, 1.82) is 0 Å². The Hall–Kier alpha value is -2.04. The molecule has 0 atom stereocenters. The van der Waals surface area contributed by atoms with Gasteiger partial charge in [0.2, 0.25) is 0 Å². The Morgan fingerprint density at radius 3 is 2.42 bits per heavy atom. The standard InChI is InChI=1S/C21H25ClN4/c1-15(2)26-19-7-5-4-6-17(19)21(25-12-10-24(3)11-13-25)23-18-14-16(22)8-9-20(18)26/h4-9,14-15H,10-13H2,1-3H3. The van der Waals surface area contributed by atoms with E-state index in [2.05, 4.69) is 65.9 Å². The predicted octanol–water partition coefficient (Wildman–Crippen LogP) is 4.53. The summed E-state index contributed by atoms with van der Waals surface area (Å²) in [4.78, 5) is 12.3. The highest BCUT2D eigenvalue weighted by Crippen LogP contribution is 2.42. The number of aliphatic imine (C=N–C) groups is 1. The van der Waals surface area contributed by atoms with Crippen LogP contribution in [0.3, 0.4) is 0 Å². The molecule has 0 amide bonds. The highest BCUT2D eigenvalue weighted by atomic mass is 35.5. The zero-order valence-corrected chi connectivity index (χ0v) is 16.4. The molecule has 1 saturated heterocycles. The number of hydrogen-bond acceptors (Lipinski definition) is 4. The quantitative estimate of drug-likeness (QED) is 0.738. The largest absolute Gasteiger partial charge is 0.353 e. The SMILES string of the molecule is CC(C)N1c2ccc(Cl)cc2N=C(N2CCN(C)CC2)c2ccccc21. The number of piperazine rings is 1. The Labute approximate surface area is 160 Å². The first kappa shape index (κ1) is 17.4. The number of para-hydroxylation sites is 1. The van der Waals surface area contributed by atoms with Crippen LogP contribution in [-0.2, 0) is 0 Å². The average molecular weight is 369 g/mol. The van der Waals surface area contributed by atoms with Crippen LogP contribution in [0.5, 0.6) is 0 Å². The number of hydrogen-bond donors (Lipinski definition) is 0. The third-order valence-corrected chi connectivity index (χ3v) is 5.38. The number of benzene rings is 2. The van der Waals surface area contributed by atoms with Crippen molar-refractivity contribution in [2.24, 2.45) is 4.99 Å². The molecule has 4 nitrogen and oxygen atoms in total. The third-order valence-electron chi connectivity index (χ3n) is 5.15. The van der Waals surface area contributed by atoms with Gasteiger partial charge in [-0.05, 0) is 51.2 Å². The molecule has 0 N–H and O–H groups in total. The van der Waals surface area contributed by atoms with Gasteiger partial charge in [0.05, 0.1) is 17.1 Å². The molecule has 0 radical (unpaired) electrons. The number of likely N-dealkylation sites (N-methyl/N-ethyl adjacent to an activating group) is 1. The lowest BCUT2D eigenvalue weighted by atomic mass is 10.1. The molecule has 26 heavy (non-hydrogen) atoms. The Kier molecular flexibility index (Phi) is 4.63. The molecular weight excluding hydrogens is 344 g/mol. The van der Waals surface area contributed by atoms with Gasteiger partial charge in [0.1, 0.15) is 5.84 Å². The van der Waals surface area contributed by atoms with Crippen LogP contribution in [0.2, 0.25) is 5.02 Å². The minimum absolute atomic E-state index is 0.318. The number of rotatable bonds is 1. The van der Waals surface area contributed by atoms with Gasteiger partial charge in [-0.3, -0.25) is 0 Å². The number of fused-ring (bicyclic) bond motifs is 2. The molecule has 0 bridgehead atoms. The highest BCUT2D eigenvalue weighted by Gasteiger charge is 2.28. The molecule has 2 aliphatic heterocycles. The summed E-state index contributed by atoms with van der Waals surface area (Å²) in [6, 6.07) is 14.9. The van der Waals surface area contributed by atoms with Crippen molar-refractivity contribution in [3.05, 3.63) is 53.1 Å². The molecule has 0 aliphatic carbocycles. The van der Waals surface area contributed by atoms with Gasteiger partial charge in [-0.1, -0.05) is 23.7 Å². The van der Waals surface area contributed by atoms with Crippen LogP contribution in [0.15, 0.2) is 47.5 Å². The van der Waals surface area contributed by atoms with Gasteiger partial charge in [-0.25, -0.2) is 4.99 Å². The summed E-state index contributed by atoms with van der Waals surface area (Å²) < 4.78 is 0. The van der Waals surface area contributed by atoms with E-state index in [4.69, 9.17) is 16.6 Å². The first-order valence-corrected chi connectivity index (χ1v) is 9.63. The number of nitrogens with zero attached hydrogens (tertiary/aromatic N) is 4. The lowest BCUT2D eigenvalue weighted by Gasteiger charge is -2.35. The summed E-state index contributed by atoms with van der Waals surface area (Å²) in [6.45, 7) is 8.52. The topological polar surface area (TPSA) is 22.1 Å². The van der Waals surface area contributed by atoms with Gasteiger partial charge in [0.15, 0.2) is 0 Å². The third kappa shape index (κ3) is 3.08. The van der Waals surface area contributed by atoms with Crippen molar-refractivity contribution in [3.63, 3.8) is 0 Å². The van der Waals surface area contributed by atoms with Gasteiger partial charge < -0.3 is 14.7 Å². The second kappa shape index (κ2) is 6.93. The smallest absolute Gasteiger partial charge is 0.138 e. The Morgan fingerprint density at radius 2 is 1.69 bits per heavy atom. The van der Waals surface area contributed by atoms with Crippen molar-refractivity contribution in [2.45, 2.75) is 19.9 Å². The maximum atomic E-state index is 6.31. The zero-order valence-electron chi connectivity index (χ0n) is 15.6. The van der Waals surface area contributed by atoms with Crippen molar-refractivity contribution in [3.8, 4) is 0 Å². The fraction of sp³-hybridized carbons (Fsp3) is 0.381. The Bertz CT molecular complexity index is 838. The predicted molar refractivity (Wildman–Crippen MR) is 110 cm³/mol. The van der Waals surface area contributed by atoms with Crippen LogP contribution in [-0.4, -0.2) is 54.9 Å². The van der Waals surface area contributed by atoms with Crippen LogP contribution in [0.1, 0.15) is 19.4 Å². The van der Waals surface area contributed by atoms with Gasteiger partial charge in [0, 0.05) is 42.8 Å². The molecule has 4 rings (SSSR count). The molecule has 2 aromatic carbocycles. The number of amidine groups is 1. The van der Waals surface area contributed by atoms with Crippen LogP contribution in [0.25, 0.3) is 0 Å². The van der Waals surface area contributed by atoms with Crippen LogP contribution < -0.4 is 4.90 Å². The van der Waals surface area contributed by atoms with E-state index in [1.807, 2.05) is 12.1 Å². The molecule has 0 saturated carbocycles. The molecule has 5 heteroatoms. The Balaban J connectivity index is 1.91. The number of halogens is 1. The maximum Gasteiger partial charge on any atom is 0.138 e. The van der Waals surface area contributed by atoms with Crippen LogP contribution >= 0.6 is 11.6 Å². The summed E-state index contributed by atoms with van der Waals surface area (Å²) in [5.41, 5.74) is 4.46. The summed E-state index contributed by atoms with van der Waals surface area (Å²) in [5.74, 6) is 1.06. The lowest BCUT2D eigenvalue weighted by Crippen LogP contribution is -2.47. The first-order chi connectivity index (χ1) is 12.5. The normalized spacial score (nSPS) is 17.7. The van der Waals surface area contributed by atoms with Crippen molar-refractivity contribution < 1.29 is 0 Å². The second-order valence-corrected chi connectivity index (χ2v) is 7.78. The second-order valence-electron chi connectivity index (χ2n) is 7.34. The van der Waals surface area contributed by atoms with E-state index in [9.17, 15) is 0 Å². The molecule has 136 valence electrons. The van der Waals surface area contributed by atoms with Crippen LogP contribution in [0.4, 0.5) is 17.1 Å². The van der Waals surface area contributed by atoms with Crippen LogP contribution in [0, 0.1) is 0 Å². The van der Waals surface area contributed by atoms with Crippen molar-refractivity contribution in [2.75, 3.05) is 38.1 Å². The van der Waals surface area contributed by atoms with Gasteiger partial charge in [-0.15, -0.1) is 0 Å². The minimum atomic E-state index is 0.318. The minimum Gasteiger partial charge on any atom is -0.353 e. The molecule has 2 aliphatic rings. The van der Waals surface area contributed by atoms with E-state index in [-0.39, 0.29) is 0 Å². The zero-order chi connectivity index (χ0) is 18.3. The van der Waals surface area contributed by atoms with Gasteiger partial charge >= 0.3 is 0 Å². The maximum absolute atomic E-state index is 6.31. The molecule has 2 heterocycles. The molecule has 0 aromatic heterocycles. The first-order valence-electron chi connectivity index (χ1n) is 9.25. The van der Waals surface area contributed by atoms with E-state index in [1.165, 1.54) is 11.3 Å². The van der Waals surface area contributed by atoms with E-state index in [1.54, 1.807) is 0 Å². The Morgan fingerprint density at radius 1 is 0.962 bits per heavy atom. The van der Waals surface area contributed by atoms with E-state index < -0.39 is 0 Å². The molecule has 2 aromatic rings. The molecule has 0 spiro atoms. The van der Waals surface area contributed by atoms with Gasteiger partial charge in [0.25, 0.3) is 0 Å². The molecular formula is C21H25ClN4. The summed E-state index contributed by atoms with van der Waals surface area (Å²) in [6.07, 6.45) is 0. The summed E-state index contributed by atoms with van der Waals surface area (Å²) in [5, 5.41) is 0.722. The van der Waals surface area contributed by atoms with E-state index >= 15 is 0 Å². The highest BCUT2D eigenvalue weighted by molar-refractivity contribution is 6.31. The monoisotopic (exact) mass is 368 g/mol. The van der Waals surface area contributed by atoms with Crippen molar-refractivity contribution in [1.82, 2.24) is 9.80 Å². The molecule has 1 fully saturated rings. The summed E-state index contributed by atoms with van der Waals surface area (Å²) >= 11 is 6.31. The number of anilines is 2. The fourth-order valence-corrected chi connectivity index (χ4v) is 3.95. The fourth-order valence-electron chi connectivity index (χ4n) is 3.78. The van der Waals surface area contributed by atoms with E-state index in [0.717, 1.165) is 48.4 Å². The van der Waals surface area contributed by atoms with Gasteiger partial charge in [-0.2, -0.15) is 0 Å². The van der Waals surface area contributed by atoms with E-state index in [0.29, 0.717) is 6.04 Å².